The lowest BCUT2D eigenvalue weighted by Gasteiger charge is -2.22. The Hall–Kier alpha value is -1.25. The number of anilines is 2. The molecule has 0 atom stereocenters. The smallest absolute Gasteiger partial charge is 0.251 e. The summed E-state index contributed by atoms with van der Waals surface area (Å²) < 4.78 is 4.29. The summed E-state index contributed by atoms with van der Waals surface area (Å²) in [5, 5.41) is 3.38. The highest BCUT2D eigenvalue weighted by Crippen LogP contribution is 2.25. The van der Waals surface area contributed by atoms with E-state index in [-0.39, 0.29) is 10.8 Å². The lowest BCUT2D eigenvalue weighted by atomic mass is 10.2. The molecule has 0 saturated carbocycles. The molecule has 22 heavy (non-hydrogen) atoms. The van der Waals surface area contributed by atoms with Crippen molar-refractivity contribution in [3.8, 4) is 0 Å². The third kappa shape index (κ3) is 3.74. The van der Waals surface area contributed by atoms with Crippen molar-refractivity contribution in [2.45, 2.75) is 6.54 Å². The SMILES string of the molecule is CSN(C)c1c(CNc2nc(Cl)ncc2Br)ccc(=O)n1C. The van der Waals surface area contributed by atoms with Gasteiger partial charge in [-0.25, -0.2) is 4.98 Å². The van der Waals surface area contributed by atoms with Crippen molar-refractivity contribution >= 4 is 51.1 Å². The summed E-state index contributed by atoms with van der Waals surface area (Å²) in [7, 11) is 3.67. The fraction of sp³-hybridized carbons (Fsp3) is 0.308. The van der Waals surface area contributed by atoms with Crippen molar-refractivity contribution in [3.05, 3.63) is 44.0 Å². The molecule has 0 radical (unpaired) electrons. The Balaban J connectivity index is 2.32. The Labute approximate surface area is 146 Å². The standard InChI is InChI=1S/C13H15BrClN5OS/c1-19-10(21)5-4-8(12(19)20(2)22-3)6-16-11-9(14)7-17-13(15)18-11/h4-5,7H,6H2,1-3H3,(H,16,17,18). The number of hydrogen-bond acceptors (Lipinski definition) is 6. The van der Waals surface area contributed by atoms with E-state index in [2.05, 4.69) is 31.2 Å². The molecule has 2 rings (SSSR count). The van der Waals surface area contributed by atoms with Crippen LogP contribution in [-0.4, -0.2) is 27.8 Å². The number of hydrogen-bond donors (Lipinski definition) is 1. The zero-order chi connectivity index (χ0) is 16.3. The summed E-state index contributed by atoms with van der Waals surface area (Å²) in [5.41, 5.74) is 0.923. The van der Waals surface area contributed by atoms with Gasteiger partial charge in [0, 0.05) is 44.7 Å². The molecule has 0 aliphatic rings. The maximum atomic E-state index is 11.8. The topological polar surface area (TPSA) is 63.0 Å². The number of nitrogens with zero attached hydrogens (tertiary/aromatic N) is 4. The van der Waals surface area contributed by atoms with E-state index >= 15 is 0 Å². The van der Waals surface area contributed by atoms with Gasteiger partial charge in [0.05, 0.1) is 4.47 Å². The van der Waals surface area contributed by atoms with Crippen LogP contribution in [0.25, 0.3) is 0 Å². The minimum Gasteiger partial charge on any atom is -0.365 e. The predicted molar refractivity (Wildman–Crippen MR) is 95.7 cm³/mol. The molecule has 0 spiro atoms. The molecule has 0 amide bonds. The van der Waals surface area contributed by atoms with Gasteiger partial charge in [0.25, 0.3) is 5.56 Å². The second-order valence-corrected chi connectivity index (χ2v) is 6.55. The van der Waals surface area contributed by atoms with Crippen LogP contribution >= 0.6 is 39.5 Å². The number of halogens is 2. The Bertz CT molecular complexity index is 739. The van der Waals surface area contributed by atoms with Gasteiger partial charge in [-0.05, 0) is 33.6 Å². The molecule has 0 saturated heterocycles. The van der Waals surface area contributed by atoms with Gasteiger partial charge >= 0.3 is 0 Å². The third-order valence-corrected chi connectivity index (χ3v) is 4.58. The molecule has 1 N–H and O–H groups in total. The van der Waals surface area contributed by atoms with E-state index in [1.54, 1.807) is 23.9 Å². The van der Waals surface area contributed by atoms with Gasteiger partial charge in [-0.2, -0.15) is 4.98 Å². The van der Waals surface area contributed by atoms with Gasteiger partial charge in [-0.1, -0.05) is 11.9 Å². The van der Waals surface area contributed by atoms with E-state index in [4.69, 9.17) is 11.6 Å². The zero-order valence-electron chi connectivity index (χ0n) is 12.3. The van der Waals surface area contributed by atoms with Crippen LogP contribution in [0.3, 0.4) is 0 Å². The summed E-state index contributed by atoms with van der Waals surface area (Å²) >= 11 is 10.7. The maximum Gasteiger partial charge on any atom is 0.251 e. The summed E-state index contributed by atoms with van der Waals surface area (Å²) in [4.78, 5) is 19.9. The quantitative estimate of drug-likeness (QED) is 0.611. The molecule has 118 valence electrons. The number of rotatable bonds is 5. The molecule has 0 fully saturated rings. The van der Waals surface area contributed by atoms with E-state index in [1.807, 2.05) is 23.7 Å². The summed E-state index contributed by atoms with van der Waals surface area (Å²) in [6.45, 7) is 0.500. The van der Waals surface area contributed by atoms with Gasteiger partial charge in [0.2, 0.25) is 5.28 Å². The number of nitrogens with one attached hydrogen (secondary N) is 1. The molecule has 9 heteroatoms. The molecule has 0 bridgehead atoms. The number of pyridine rings is 1. The largest absolute Gasteiger partial charge is 0.365 e. The zero-order valence-corrected chi connectivity index (χ0v) is 15.5. The molecular formula is C13H15BrClN5OS. The second kappa shape index (κ2) is 7.34. The van der Waals surface area contributed by atoms with Gasteiger partial charge in [0.15, 0.2) is 0 Å². The van der Waals surface area contributed by atoms with Crippen LogP contribution in [0.5, 0.6) is 0 Å². The average molecular weight is 405 g/mol. The lowest BCUT2D eigenvalue weighted by Crippen LogP contribution is -2.25. The maximum absolute atomic E-state index is 11.8. The van der Waals surface area contributed by atoms with Crippen molar-refractivity contribution in [2.24, 2.45) is 7.05 Å². The number of aromatic nitrogens is 3. The van der Waals surface area contributed by atoms with Gasteiger partial charge in [-0.3, -0.25) is 9.36 Å². The minimum atomic E-state index is -0.0501. The predicted octanol–water partition coefficient (Wildman–Crippen LogP) is 2.92. The third-order valence-electron chi connectivity index (χ3n) is 3.10. The van der Waals surface area contributed by atoms with E-state index in [9.17, 15) is 4.79 Å². The average Bonchev–Trinajstić information content (AvgIpc) is 2.50. The monoisotopic (exact) mass is 403 g/mol. The van der Waals surface area contributed by atoms with Crippen LogP contribution < -0.4 is 15.2 Å². The van der Waals surface area contributed by atoms with Crippen LogP contribution in [0.4, 0.5) is 11.6 Å². The first kappa shape index (κ1) is 17.1. The Morgan fingerprint density at radius 2 is 2.23 bits per heavy atom. The van der Waals surface area contributed by atoms with Gasteiger partial charge in [0.1, 0.15) is 11.6 Å². The Morgan fingerprint density at radius 3 is 2.91 bits per heavy atom. The lowest BCUT2D eigenvalue weighted by molar-refractivity contribution is 0.838. The van der Waals surface area contributed by atoms with Crippen LogP contribution in [0, 0.1) is 0 Å². The summed E-state index contributed by atoms with van der Waals surface area (Å²) in [5.74, 6) is 1.44. The first-order valence-electron chi connectivity index (χ1n) is 6.32. The van der Waals surface area contributed by atoms with Crippen molar-refractivity contribution in [1.29, 1.82) is 0 Å². The van der Waals surface area contributed by atoms with Crippen LogP contribution in [0.2, 0.25) is 5.28 Å². The molecule has 2 aromatic heterocycles. The fourth-order valence-corrected chi connectivity index (χ4v) is 2.84. The highest BCUT2D eigenvalue weighted by Gasteiger charge is 2.12. The molecule has 0 unspecified atom stereocenters. The van der Waals surface area contributed by atoms with E-state index < -0.39 is 0 Å². The molecule has 6 nitrogen and oxygen atoms in total. The highest BCUT2D eigenvalue weighted by atomic mass is 79.9. The molecule has 0 aliphatic heterocycles. The molecule has 0 aromatic carbocycles. The second-order valence-electron chi connectivity index (χ2n) is 4.45. The van der Waals surface area contributed by atoms with Crippen LogP contribution in [-0.2, 0) is 13.6 Å². The van der Waals surface area contributed by atoms with Crippen molar-refractivity contribution in [2.75, 3.05) is 22.9 Å². The van der Waals surface area contributed by atoms with E-state index in [1.165, 1.54) is 11.9 Å². The first-order valence-corrected chi connectivity index (χ1v) is 8.68. The Kier molecular flexibility index (Phi) is 5.71. The van der Waals surface area contributed by atoms with Crippen molar-refractivity contribution in [1.82, 2.24) is 14.5 Å². The summed E-state index contributed by atoms with van der Waals surface area (Å²) in [6.07, 6.45) is 3.54. The van der Waals surface area contributed by atoms with Gasteiger partial charge < -0.3 is 9.62 Å². The molecule has 0 aliphatic carbocycles. The van der Waals surface area contributed by atoms with E-state index in [0.717, 1.165) is 15.9 Å². The first-order chi connectivity index (χ1) is 10.4. The minimum absolute atomic E-state index is 0.0501. The van der Waals surface area contributed by atoms with Crippen LogP contribution in [0.15, 0.2) is 27.6 Å². The molecule has 2 heterocycles. The summed E-state index contributed by atoms with van der Waals surface area (Å²) in [6, 6.07) is 3.37. The molecular weight excluding hydrogens is 390 g/mol. The Morgan fingerprint density at radius 1 is 1.50 bits per heavy atom. The van der Waals surface area contributed by atoms with Crippen molar-refractivity contribution < 1.29 is 0 Å². The van der Waals surface area contributed by atoms with Crippen molar-refractivity contribution in [3.63, 3.8) is 0 Å². The van der Waals surface area contributed by atoms with Crippen LogP contribution in [0.1, 0.15) is 5.56 Å². The fourth-order valence-electron chi connectivity index (χ4n) is 1.96. The molecule has 2 aromatic rings. The van der Waals surface area contributed by atoms with E-state index in [0.29, 0.717) is 12.4 Å². The normalized spacial score (nSPS) is 10.6. The van der Waals surface area contributed by atoms with Gasteiger partial charge in [-0.15, -0.1) is 0 Å². The highest BCUT2D eigenvalue weighted by molar-refractivity contribution is 9.10.